The van der Waals surface area contributed by atoms with Gasteiger partial charge in [-0.3, -0.25) is 0 Å². The summed E-state index contributed by atoms with van der Waals surface area (Å²) < 4.78 is 5.46. The first-order valence-electron chi connectivity index (χ1n) is 9.55. The van der Waals surface area contributed by atoms with E-state index in [0.29, 0.717) is 0 Å². The molecule has 2 nitrogen and oxygen atoms in total. The van der Waals surface area contributed by atoms with E-state index in [4.69, 9.17) is 10.00 Å². The summed E-state index contributed by atoms with van der Waals surface area (Å²) in [5.41, 5.74) is 0. The van der Waals surface area contributed by atoms with Crippen LogP contribution in [0.3, 0.4) is 0 Å². The minimum absolute atomic E-state index is 0.393. The zero-order chi connectivity index (χ0) is 17.5. The van der Waals surface area contributed by atoms with E-state index in [0.717, 1.165) is 5.75 Å². The predicted molar refractivity (Wildman–Crippen MR) is 105 cm³/mol. The van der Waals surface area contributed by atoms with Gasteiger partial charge in [-0.2, -0.15) is 5.26 Å². The van der Waals surface area contributed by atoms with Crippen molar-refractivity contribution in [1.82, 2.24) is 0 Å². The Morgan fingerprint density at radius 2 is 1.46 bits per heavy atom. The van der Waals surface area contributed by atoms with Gasteiger partial charge in [-0.1, -0.05) is 64.7 Å². The Kier molecular flexibility index (Phi) is 12.4. The van der Waals surface area contributed by atoms with Gasteiger partial charge in [0, 0.05) is 4.90 Å². The Morgan fingerprint density at radius 3 is 2.00 bits per heavy atom. The fourth-order valence-corrected chi connectivity index (χ4v) is 3.54. The van der Waals surface area contributed by atoms with Crippen LogP contribution >= 0.6 is 11.8 Å². The van der Waals surface area contributed by atoms with Gasteiger partial charge in [0.25, 0.3) is 0 Å². The summed E-state index contributed by atoms with van der Waals surface area (Å²) in [7, 11) is 0. The standard InChI is InChI=1S/C21H33NOS/c1-3-4-5-6-7-8-9-10-11-12-17-24-21-15-13-20(14-16-21)23-19(2)18-22/h13-16,19H,3-12,17H2,1-2H3/t19-/m1/s1. The fraction of sp³-hybridized carbons (Fsp3) is 0.667. The van der Waals surface area contributed by atoms with Crippen LogP contribution in [0, 0.1) is 11.3 Å². The van der Waals surface area contributed by atoms with Crippen LogP contribution < -0.4 is 4.74 Å². The van der Waals surface area contributed by atoms with Crippen molar-refractivity contribution >= 4 is 11.8 Å². The van der Waals surface area contributed by atoms with E-state index in [-0.39, 0.29) is 0 Å². The summed E-state index contributed by atoms with van der Waals surface area (Å²) >= 11 is 1.91. The summed E-state index contributed by atoms with van der Waals surface area (Å²) in [5, 5.41) is 8.74. The molecule has 0 radical (unpaired) electrons. The van der Waals surface area contributed by atoms with Gasteiger partial charge < -0.3 is 4.74 Å². The third kappa shape index (κ3) is 10.6. The Bertz CT molecular complexity index is 452. The summed E-state index contributed by atoms with van der Waals surface area (Å²) in [6.45, 7) is 4.03. The van der Waals surface area contributed by atoms with Crippen LogP contribution in [0.25, 0.3) is 0 Å². The Hall–Kier alpha value is -1.14. The molecule has 0 aliphatic carbocycles. The molecule has 1 atom stereocenters. The van der Waals surface area contributed by atoms with Gasteiger partial charge in [0.05, 0.1) is 0 Å². The number of ether oxygens (including phenoxy) is 1. The minimum Gasteiger partial charge on any atom is -0.476 e. The van der Waals surface area contributed by atoms with Crippen LogP contribution in [0.15, 0.2) is 29.2 Å². The van der Waals surface area contributed by atoms with Crippen molar-refractivity contribution in [2.75, 3.05) is 5.75 Å². The van der Waals surface area contributed by atoms with Crippen LogP contribution in [0.4, 0.5) is 0 Å². The monoisotopic (exact) mass is 347 g/mol. The third-order valence-corrected chi connectivity index (χ3v) is 5.18. The molecule has 0 amide bonds. The molecule has 1 rings (SSSR count). The van der Waals surface area contributed by atoms with E-state index in [1.165, 1.54) is 74.9 Å². The molecule has 0 fully saturated rings. The van der Waals surface area contributed by atoms with E-state index in [1.54, 1.807) is 6.92 Å². The van der Waals surface area contributed by atoms with Gasteiger partial charge in [-0.05, 0) is 43.4 Å². The molecular weight excluding hydrogens is 314 g/mol. The molecule has 134 valence electrons. The number of nitriles is 1. The molecule has 0 spiro atoms. The quantitative estimate of drug-likeness (QED) is 0.268. The number of benzene rings is 1. The van der Waals surface area contributed by atoms with Crippen molar-refractivity contribution in [2.45, 2.75) is 89.1 Å². The molecule has 0 aliphatic rings. The van der Waals surface area contributed by atoms with Gasteiger partial charge in [-0.25, -0.2) is 0 Å². The third-order valence-electron chi connectivity index (χ3n) is 4.09. The molecule has 0 aliphatic heterocycles. The first-order chi connectivity index (χ1) is 11.8. The van der Waals surface area contributed by atoms with Crippen molar-refractivity contribution in [3.05, 3.63) is 24.3 Å². The highest BCUT2D eigenvalue weighted by atomic mass is 32.2. The molecule has 0 bridgehead atoms. The maximum Gasteiger partial charge on any atom is 0.181 e. The van der Waals surface area contributed by atoms with Crippen molar-refractivity contribution in [2.24, 2.45) is 0 Å². The van der Waals surface area contributed by atoms with Gasteiger partial charge in [0.1, 0.15) is 11.8 Å². The minimum atomic E-state index is -0.393. The van der Waals surface area contributed by atoms with E-state index < -0.39 is 6.10 Å². The molecular formula is C21H33NOS. The molecule has 0 saturated carbocycles. The van der Waals surface area contributed by atoms with Crippen LogP contribution in [0.2, 0.25) is 0 Å². The van der Waals surface area contributed by atoms with E-state index in [2.05, 4.69) is 25.1 Å². The lowest BCUT2D eigenvalue weighted by atomic mass is 10.1. The smallest absolute Gasteiger partial charge is 0.181 e. The molecule has 0 saturated heterocycles. The molecule has 0 aromatic heterocycles. The van der Waals surface area contributed by atoms with Gasteiger partial charge >= 0.3 is 0 Å². The van der Waals surface area contributed by atoms with Crippen LogP contribution in [-0.4, -0.2) is 11.9 Å². The lowest BCUT2D eigenvalue weighted by molar-refractivity contribution is 0.276. The summed E-state index contributed by atoms with van der Waals surface area (Å²) in [4.78, 5) is 1.28. The van der Waals surface area contributed by atoms with Crippen LogP contribution in [0.1, 0.15) is 78.1 Å². The Balaban J connectivity index is 1.98. The second-order valence-electron chi connectivity index (χ2n) is 6.39. The van der Waals surface area contributed by atoms with Gasteiger partial charge in [0.2, 0.25) is 0 Å². The SMILES string of the molecule is CCCCCCCCCCCCSc1ccc(O[C@H](C)C#N)cc1. The van der Waals surface area contributed by atoms with E-state index in [9.17, 15) is 0 Å². The number of rotatable bonds is 14. The summed E-state index contributed by atoms with van der Waals surface area (Å²) in [6, 6.07) is 10.1. The molecule has 1 aromatic carbocycles. The first-order valence-corrected chi connectivity index (χ1v) is 10.5. The number of nitrogens with zero attached hydrogens (tertiary/aromatic N) is 1. The maximum atomic E-state index is 8.74. The summed E-state index contributed by atoms with van der Waals surface area (Å²) in [5.74, 6) is 1.96. The Labute approximate surface area is 153 Å². The molecule has 0 N–H and O–H groups in total. The number of hydrogen-bond acceptors (Lipinski definition) is 3. The molecule has 24 heavy (non-hydrogen) atoms. The van der Waals surface area contributed by atoms with Crippen LogP contribution in [-0.2, 0) is 0 Å². The average molecular weight is 348 g/mol. The number of thioether (sulfide) groups is 1. The van der Waals surface area contributed by atoms with E-state index in [1.807, 2.05) is 23.9 Å². The topological polar surface area (TPSA) is 33.0 Å². The summed E-state index contributed by atoms with van der Waals surface area (Å²) in [6.07, 6.45) is 13.5. The van der Waals surface area contributed by atoms with Crippen LogP contribution in [0.5, 0.6) is 5.75 Å². The number of hydrogen-bond donors (Lipinski definition) is 0. The first kappa shape index (κ1) is 20.9. The van der Waals surface area contributed by atoms with E-state index >= 15 is 0 Å². The van der Waals surface area contributed by atoms with Gasteiger partial charge in [-0.15, -0.1) is 11.8 Å². The lowest BCUT2D eigenvalue weighted by Crippen LogP contribution is -2.07. The van der Waals surface area contributed by atoms with Crippen molar-refractivity contribution in [1.29, 1.82) is 5.26 Å². The predicted octanol–water partition coefficient (Wildman–Crippen LogP) is 6.99. The average Bonchev–Trinajstić information content (AvgIpc) is 2.61. The largest absolute Gasteiger partial charge is 0.476 e. The second-order valence-corrected chi connectivity index (χ2v) is 7.56. The normalized spacial score (nSPS) is 11.9. The fourth-order valence-electron chi connectivity index (χ4n) is 2.62. The molecule has 0 heterocycles. The zero-order valence-electron chi connectivity index (χ0n) is 15.4. The second kappa shape index (κ2) is 14.2. The lowest BCUT2D eigenvalue weighted by Gasteiger charge is -2.08. The van der Waals surface area contributed by atoms with Crippen molar-refractivity contribution in [3.63, 3.8) is 0 Å². The molecule has 3 heteroatoms. The van der Waals surface area contributed by atoms with Crippen molar-refractivity contribution in [3.8, 4) is 11.8 Å². The highest BCUT2D eigenvalue weighted by Gasteiger charge is 2.01. The highest BCUT2D eigenvalue weighted by molar-refractivity contribution is 7.99. The van der Waals surface area contributed by atoms with Gasteiger partial charge in [0.15, 0.2) is 6.10 Å². The Morgan fingerprint density at radius 1 is 0.917 bits per heavy atom. The van der Waals surface area contributed by atoms with Crippen molar-refractivity contribution < 1.29 is 4.74 Å². The number of unbranched alkanes of at least 4 members (excludes halogenated alkanes) is 9. The highest BCUT2D eigenvalue weighted by Crippen LogP contribution is 2.23. The molecule has 1 aromatic rings. The zero-order valence-corrected chi connectivity index (χ0v) is 16.2. The maximum absolute atomic E-state index is 8.74. The molecule has 0 unspecified atom stereocenters.